The van der Waals surface area contributed by atoms with E-state index in [1.54, 1.807) is 11.3 Å². The fraction of sp³-hybridized carbons (Fsp3) is 0.400. The second kappa shape index (κ2) is 5.85. The van der Waals surface area contributed by atoms with E-state index in [1.165, 1.54) is 28.8 Å². The summed E-state index contributed by atoms with van der Waals surface area (Å²) in [6, 6.07) is 8.35. The van der Waals surface area contributed by atoms with E-state index in [9.17, 15) is 4.79 Å². The minimum atomic E-state index is 0.0871. The second-order valence-electron chi connectivity index (χ2n) is 6.96. The molecule has 4 rings (SSSR count). The van der Waals surface area contributed by atoms with Crippen LogP contribution >= 0.6 is 11.3 Å². The van der Waals surface area contributed by atoms with Crippen LogP contribution in [0.3, 0.4) is 0 Å². The first kappa shape index (κ1) is 15.6. The van der Waals surface area contributed by atoms with Crippen LogP contribution in [-0.4, -0.2) is 9.55 Å². The Labute approximate surface area is 146 Å². The van der Waals surface area contributed by atoms with Gasteiger partial charge in [0.2, 0.25) is 0 Å². The molecule has 0 fully saturated rings. The fourth-order valence-electron chi connectivity index (χ4n) is 3.68. The summed E-state index contributed by atoms with van der Waals surface area (Å²) in [5.41, 5.74) is 3.60. The maximum Gasteiger partial charge on any atom is 0.263 e. The Morgan fingerprint density at radius 1 is 1.21 bits per heavy atom. The molecule has 0 saturated heterocycles. The number of aromatic nitrogens is 2. The minimum absolute atomic E-state index is 0.0871. The molecule has 0 atom stereocenters. The maximum atomic E-state index is 13.3. The molecule has 4 heteroatoms. The Balaban J connectivity index is 2.07. The zero-order valence-corrected chi connectivity index (χ0v) is 15.2. The summed E-state index contributed by atoms with van der Waals surface area (Å²) in [6.07, 6.45) is 4.52. The van der Waals surface area contributed by atoms with Crippen LogP contribution in [0.15, 0.2) is 29.1 Å². The van der Waals surface area contributed by atoms with E-state index in [0.717, 1.165) is 34.4 Å². The molecule has 124 valence electrons. The first-order chi connectivity index (χ1) is 11.6. The lowest BCUT2D eigenvalue weighted by molar-refractivity contribution is 0.581. The molecule has 1 aliphatic carbocycles. The van der Waals surface area contributed by atoms with Crippen molar-refractivity contribution in [1.82, 2.24) is 9.55 Å². The Hall–Kier alpha value is -1.94. The van der Waals surface area contributed by atoms with Crippen molar-refractivity contribution in [2.45, 2.75) is 52.5 Å². The predicted octanol–water partition coefficient (Wildman–Crippen LogP) is 4.89. The minimum Gasteiger partial charge on any atom is -0.289 e. The number of nitrogens with zero attached hydrogens (tertiary/aromatic N) is 2. The Kier molecular flexibility index (Phi) is 3.80. The van der Waals surface area contributed by atoms with Crippen LogP contribution < -0.4 is 5.56 Å². The van der Waals surface area contributed by atoms with Gasteiger partial charge in [-0.1, -0.05) is 23.8 Å². The fourth-order valence-corrected chi connectivity index (χ4v) is 4.94. The van der Waals surface area contributed by atoms with Gasteiger partial charge < -0.3 is 0 Å². The molecule has 0 saturated carbocycles. The number of thiophene rings is 1. The van der Waals surface area contributed by atoms with Gasteiger partial charge in [0, 0.05) is 16.5 Å². The van der Waals surface area contributed by atoms with Gasteiger partial charge in [0.1, 0.15) is 10.7 Å². The van der Waals surface area contributed by atoms with Gasteiger partial charge in [0.05, 0.1) is 5.39 Å². The van der Waals surface area contributed by atoms with Gasteiger partial charge in [-0.05, 0) is 58.1 Å². The number of aryl methyl sites for hydroxylation is 3. The summed E-state index contributed by atoms with van der Waals surface area (Å²) in [5, 5.41) is 0.875. The molecule has 3 nitrogen and oxygen atoms in total. The quantitative estimate of drug-likeness (QED) is 0.666. The van der Waals surface area contributed by atoms with Crippen LogP contribution in [0.25, 0.3) is 21.6 Å². The largest absolute Gasteiger partial charge is 0.289 e. The van der Waals surface area contributed by atoms with Crippen molar-refractivity contribution in [1.29, 1.82) is 0 Å². The van der Waals surface area contributed by atoms with E-state index in [0.29, 0.717) is 0 Å². The van der Waals surface area contributed by atoms with Crippen molar-refractivity contribution >= 4 is 21.6 Å². The SMILES string of the molecule is Cc1cccc(-c2nc3sc4c(c3c(=O)n2C(C)C)CCCC4)c1. The molecule has 0 N–H and O–H groups in total. The zero-order valence-electron chi connectivity index (χ0n) is 14.4. The van der Waals surface area contributed by atoms with Gasteiger partial charge in [0.15, 0.2) is 0 Å². The van der Waals surface area contributed by atoms with Crippen LogP contribution in [0, 0.1) is 6.92 Å². The number of rotatable bonds is 2. The van der Waals surface area contributed by atoms with Gasteiger partial charge in [-0.2, -0.15) is 0 Å². The summed E-state index contributed by atoms with van der Waals surface area (Å²) in [6.45, 7) is 6.20. The van der Waals surface area contributed by atoms with Gasteiger partial charge in [0.25, 0.3) is 5.56 Å². The maximum absolute atomic E-state index is 13.3. The third kappa shape index (κ3) is 2.40. The predicted molar refractivity (Wildman–Crippen MR) is 101 cm³/mol. The summed E-state index contributed by atoms with van der Waals surface area (Å²) in [7, 11) is 0. The lowest BCUT2D eigenvalue weighted by atomic mass is 9.97. The van der Waals surface area contributed by atoms with Crippen LogP contribution in [0.2, 0.25) is 0 Å². The molecular weight excluding hydrogens is 316 g/mol. The molecule has 0 unspecified atom stereocenters. The van der Waals surface area contributed by atoms with E-state index in [4.69, 9.17) is 4.98 Å². The Morgan fingerprint density at radius 3 is 2.75 bits per heavy atom. The molecular formula is C20H22N2OS. The van der Waals surface area contributed by atoms with Gasteiger partial charge >= 0.3 is 0 Å². The second-order valence-corrected chi connectivity index (χ2v) is 8.05. The normalized spacial score (nSPS) is 14.3. The van der Waals surface area contributed by atoms with Crippen molar-refractivity contribution in [2.75, 3.05) is 0 Å². The lowest BCUT2D eigenvalue weighted by Gasteiger charge is -2.17. The summed E-state index contributed by atoms with van der Waals surface area (Å²) in [4.78, 5) is 20.6. The number of fused-ring (bicyclic) bond motifs is 3. The molecule has 0 aliphatic heterocycles. The number of benzene rings is 1. The highest BCUT2D eigenvalue weighted by atomic mass is 32.1. The van der Waals surface area contributed by atoms with Crippen molar-refractivity contribution in [3.63, 3.8) is 0 Å². The van der Waals surface area contributed by atoms with Crippen molar-refractivity contribution in [3.05, 3.63) is 50.6 Å². The number of hydrogen-bond acceptors (Lipinski definition) is 3. The standard InChI is InChI=1S/C20H22N2OS/c1-12(2)22-18(14-8-6-7-13(3)11-14)21-19-17(20(22)23)15-9-4-5-10-16(15)24-19/h6-8,11-12H,4-5,9-10H2,1-3H3. The highest BCUT2D eigenvalue weighted by molar-refractivity contribution is 7.18. The third-order valence-electron chi connectivity index (χ3n) is 4.81. The topological polar surface area (TPSA) is 34.9 Å². The van der Waals surface area contributed by atoms with Crippen LogP contribution in [0.4, 0.5) is 0 Å². The summed E-state index contributed by atoms with van der Waals surface area (Å²) in [5.74, 6) is 0.796. The molecule has 0 radical (unpaired) electrons. The number of hydrogen-bond donors (Lipinski definition) is 0. The third-order valence-corrected chi connectivity index (χ3v) is 6.00. The zero-order chi connectivity index (χ0) is 16.8. The van der Waals surface area contributed by atoms with E-state index in [1.807, 2.05) is 16.7 Å². The average molecular weight is 338 g/mol. The summed E-state index contributed by atoms with van der Waals surface area (Å²) < 4.78 is 1.87. The van der Waals surface area contributed by atoms with Crippen LogP contribution in [-0.2, 0) is 12.8 Å². The van der Waals surface area contributed by atoms with Gasteiger partial charge in [-0.15, -0.1) is 11.3 Å². The first-order valence-electron chi connectivity index (χ1n) is 8.70. The van der Waals surface area contributed by atoms with E-state index >= 15 is 0 Å². The van der Waals surface area contributed by atoms with Crippen LogP contribution in [0.1, 0.15) is 48.7 Å². The van der Waals surface area contributed by atoms with Crippen molar-refractivity contribution < 1.29 is 0 Å². The Morgan fingerprint density at radius 2 is 2.00 bits per heavy atom. The molecule has 2 heterocycles. The molecule has 0 spiro atoms. The van der Waals surface area contributed by atoms with Crippen LogP contribution in [0.5, 0.6) is 0 Å². The van der Waals surface area contributed by atoms with Gasteiger partial charge in [-0.3, -0.25) is 9.36 Å². The van der Waals surface area contributed by atoms with E-state index in [-0.39, 0.29) is 11.6 Å². The van der Waals surface area contributed by atoms with E-state index < -0.39 is 0 Å². The molecule has 1 aliphatic rings. The molecule has 1 aromatic carbocycles. The Bertz CT molecular complexity index is 981. The highest BCUT2D eigenvalue weighted by Crippen LogP contribution is 2.35. The molecule has 3 aromatic rings. The average Bonchev–Trinajstić information content (AvgIpc) is 2.93. The molecule has 2 aromatic heterocycles. The smallest absolute Gasteiger partial charge is 0.263 e. The monoisotopic (exact) mass is 338 g/mol. The molecule has 0 amide bonds. The molecule has 0 bridgehead atoms. The van der Waals surface area contributed by atoms with Gasteiger partial charge in [-0.25, -0.2) is 4.98 Å². The summed E-state index contributed by atoms with van der Waals surface area (Å²) >= 11 is 1.72. The highest BCUT2D eigenvalue weighted by Gasteiger charge is 2.23. The lowest BCUT2D eigenvalue weighted by Crippen LogP contribution is -2.25. The van der Waals surface area contributed by atoms with Crippen molar-refractivity contribution in [3.8, 4) is 11.4 Å². The molecule has 24 heavy (non-hydrogen) atoms. The van der Waals surface area contributed by atoms with Crippen molar-refractivity contribution in [2.24, 2.45) is 0 Å². The first-order valence-corrected chi connectivity index (χ1v) is 9.51. The van der Waals surface area contributed by atoms with E-state index in [2.05, 4.69) is 32.9 Å².